The van der Waals surface area contributed by atoms with E-state index in [-0.39, 0.29) is 5.41 Å². The number of nitrogens with one attached hydrogen (secondary N) is 1. The van der Waals surface area contributed by atoms with Gasteiger partial charge in [-0.1, -0.05) is 25.1 Å². The van der Waals surface area contributed by atoms with Crippen LogP contribution in [-0.4, -0.2) is 39.2 Å². The summed E-state index contributed by atoms with van der Waals surface area (Å²) in [6, 6.07) is 7.83. The minimum Gasteiger partial charge on any atom is -0.299 e. The summed E-state index contributed by atoms with van der Waals surface area (Å²) in [5.41, 5.74) is 2.08. The molecule has 21 heavy (non-hydrogen) atoms. The molecule has 1 aromatic rings. The molecule has 1 N–H and O–H groups in total. The first-order valence-electron chi connectivity index (χ1n) is 7.26. The average Bonchev–Trinajstić information content (AvgIpc) is 2.77. The predicted octanol–water partition coefficient (Wildman–Crippen LogP) is 2.06. The summed E-state index contributed by atoms with van der Waals surface area (Å²) >= 11 is 0. The van der Waals surface area contributed by atoms with E-state index in [0.717, 1.165) is 19.6 Å². The molecule has 1 aromatic carbocycles. The van der Waals surface area contributed by atoms with Crippen LogP contribution < -0.4 is 4.72 Å². The fourth-order valence-electron chi connectivity index (χ4n) is 3.85. The summed E-state index contributed by atoms with van der Waals surface area (Å²) in [4.78, 5) is 2.43. The maximum absolute atomic E-state index is 11.4. The lowest BCUT2D eigenvalue weighted by Gasteiger charge is -2.23. The zero-order valence-corrected chi connectivity index (χ0v) is 13.4. The highest BCUT2D eigenvalue weighted by molar-refractivity contribution is 7.92. The van der Waals surface area contributed by atoms with Crippen LogP contribution in [0.5, 0.6) is 0 Å². The highest BCUT2D eigenvalue weighted by atomic mass is 32.2. The fraction of sp³-hybridized carbons (Fsp3) is 0.500. The number of benzene rings is 1. The maximum atomic E-state index is 11.4. The second kappa shape index (κ2) is 4.85. The van der Waals surface area contributed by atoms with E-state index in [1.807, 2.05) is 18.2 Å². The Morgan fingerprint density at radius 1 is 1.43 bits per heavy atom. The number of rotatable bonds is 5. The van der Waals surface area contributed by atoms with E-state index in [1.54, 1.807) is 6.07 Å². The topological polar surface area (TPSA) is 49.4 Å². The zero-order chi connectivity index (χ0) is 15.3. The lowest BCUT2D eigenvalue weighted by Crippen LogP contribution is -2.29. The van der Waals surface area contributed by atoms with Crippen LogP contribution in [0.1, 0.15) is 12.5 Å². The first-order chi connectivity index (χ1) is 9.84. The van der Waals surface area contributed by atoms with Crippen LogP contribution in [0, 0.1) is 11.8 Å². The fourth-order valence-corrected chi connectivity index (χ4v) is 4.41. The largest absolute Gasteiger partial charge is 0.299 e. The van der Waals surface area contributed by atoms with E-state index in [4.69, 9.17) is 0 Å². The van der Waals surface area contributed by atoms with Crippen LogP contribution in [0.4, 0.5) is 5.69 Å². The van der Waals surface area contributed by atoms with Crippen molar-refractivity contribution >= 4 is 15.7 Å². The lowest BCUT2D eigenvalue weighted by molar-refractivity contribution is 0.304. The number of hydrogen-bond acceptors (Lipinski definition) is 3. The molecule has 1 saturated carbocycles. The Kier molecular flexibility index (Phi) is 3.37. The third-order valence-corrected chi connectivity index (χ3v) is 5.61. The summed E-state index contributed by atoms with van der Waals surface area (Å²) in [5.74, 6) is 1.34. The molecule has 2 unspecified atom stereocenters. The summed E-state index contributed by atoms with van der Waals surface area (Å²) in [5, 5.41) is 0. The van der Waals surface area contributed by atoms with Crippen molar-refractivity contribution in [3.63, 3.8) is 0 Å². The van der Waals surface area contributed by atoms with Gasteiger partial charge < -0.3 is 0 Å². The van der Waals surface area contributed by atoms with Crippen molar-refractivity contribution in [1.29, 1.82) is 0 Å². The Hall–Kier alpha value is -1.33. The van der Waals surface area contributed by atoms with E-state index >= 15 is 0 Å². The van der Waals surface area contributed by atoms with Crippen molar-refractivity contribution in [2.45, 2.75) is 12.3 Å². The molecule has 1 aliphatic carbocycles. The quantitative estimate of drug-likeness (QED) is 0.847. The molecule has 3 rings (SSSR count). The molecule has 2 atom stereocenters. The molecule has 0 amide bonds. The molecule has 0 aromatic heterocycles. The van der Waals surface area contributed by atoms with E-state index < -0.39 is 10.0 Å². The minimum absolute atomic E-state index is 0.187. The molecule has 114 valence electrons. The maximum Gasteiger partial charge on any atom is 0.229 e. The van der Waals surface area contributed by atoms with Gasteiger partial charge in [0.05, 0.1) is 6.26 Å². The standard InChI is InChI=1S/C16H22N2O2S/c1-4-8-18-10-14-15(11-18)16(14,2)12-6-5-7-13(9-12)17-21(3,19)20/h4-7,9,14-15,17H,1,8,10-11H2,2-3H3. The number of likely N-dealkylation sites (tertiary alicyclic amines) is 1. The first kappa shape index (κ1) is 14.6. The predicted molar refractivity (Wildman–Crippen MR) is 85.9 cm³/mol. The molecule has 1 heterocycles. The Morgan fingerprint density at radius 2 is 2.10 bits per heavy atom. The normalized spacial score (nSPS) is 31.7. The van der Waals surface area contributed by atoms with Gasteiger partial charge in [-0.3, -0.25) is 9.62 Å². The van der Waals surface area contributed by atoms with Crippen molar-refractivity contribution < 1.29 is 8.42 Å². The van der Waals surface area contributed by atoms with Crippen molar-refractivity contribution in [3.05, 3.63) is 42.5 Å². The van der Waals surface area contributed by atoms with Gasteiger partial charge in [-0.25, -0.2) is 8.42 Å². The Balaban J connectivity index is 1.77. The smallest absolute Gasteiger partial charge is 0.229 e. The van der Waals surface area contributed by atoms with Gasteiger partial charge in [0, 0.05) is 30.7 Å². The van der Waals surface area contributed by atoms with Gasteiger partial charge in [0.1, 0.15) is 0 Å². The molecule has 0 radical (unpaired) electrons. The Morgan fingerprint density at radius 3 is 2.67 bits per heavy atom. The number of fused-ring (bicyclic) bond motifs is 1. The van der Waals surface area contributed by atoms with Gasteiger partial charge >= 0.3 is 0 Å². The molecule has 2 fully saturated rings. The second-order valence-electron chi connectivity index (χ2n) is 6.46. The third-order valence-electron chi connectivity index (χ3n) is 5.00. The molecule has 1 saturated heterocycles. The molecule has 0 spiro atoms. The van der Waals surface area contributed by atoms with Crippen LogP contribution in [0.2, 0.25) is 0 Å². The average molecular weight is 306 g/mol. The Bertz CT molecular complexity index is 657. The number of piperidine rings is 1. The second-order valence-corrected chi connectivity index (χ2v) is 8.21. The van der Waals surface area contributed by atoms with Gasteiger partial charge in [0.15, 0.2) is 0 Å². The molecule has 2 aliphatic rings. The number of nitrogens with zero attached hydrogens (tertiary/aromatic N) is 1. The monoisotopic (exact) mass is 306 g/mol. The van der Waals surface area contributed by atoms with Gasteiger partial charge in [-0.2, -0.15) is 0 Å². The SMILES string of the molecule is C=CCN1CC2C(C1)C2(C)c1cccc(NS(C)(=O)=O)c1. The summed E-state index contributed by atoms with van der Waals surface area (Å²) < 4.78 is 25.3. The number of sulfonamides is 1. The molecular weight excluding hydrogens is 284 g/mol. The number of anilines is 1. The third kappa shape index (κ3) is 2.60. The van der Waals surface area contributed by atoms with Crippen LogP contribution >= 0.6 is 0 Å². The molecule has 1 aliphatic heterocycles. The van der Waals surface area contributed by atoms with Gasteiger partial charge in [-0.05, 0) is 29.5 Å². The van der Waals surface area contributed by atoms with Gasteiger partial charge in [-0.15, -0.1) is 6.58 Å². The highest BCUT2D eigenvalue weighted by Gasteiger charge is 2.65. The summed E-state index contributed by atoms with van der Waals surface area (Å²) in [6.07, 6.45) is 3.14. The van der Waals surface area contributed by atoms with Gasteiger partial charge in [0.2, 0.25) is 10.0 Å². The van der Waals surface area contributed by atoms with Crippen LogP contribution in [0.15, 0.2) is 36.9 Å². The summed E-state index contributed by atoms with van der Waals surface area (Å²) in [7, 11) is -3.22. The van der Waals surface area contributed by atoms with Crippen molar-refractivity contribution in [3.8, 4) is 0 Å². The number of hydrogen-bond donors (Lipinski definition) is 1. The van der Waals surface area contributed by atoms with Crippen molar-refractivity contribution in [1.82, 2.24) is 4.90 Å². The van der Waals surface area contributed by atoms with E-state index in [9.17, 15) is 8.42 Å². The van der Waals surface area contributed by atoms with Crippen LogP contribution in [0.3, 0.4) is 0 Å². The summed E-state index contributed by atoms with van der Waals surface area (Å²) in [6.45, 7) is 9.27. The minimum atomic E-state index is -3.22. The molecule has 4 nitrogen and oxygen atoms in total. The van der Waals surface area contributed by atoms with E-state index in [0.29, 0.717) is 17.5 Å². The van der Waals surface area contributed by atoms with Crippen LogP contribution in [0.25, 0.3) is 0 Å². The first-order valence-corrected chi connectivity index (χ1v) is 9.15. The Labute approximate surface area is 126 Å². The van der Waals surface area contributed by atoms with E-state index in [2.05, 4.69) is 29.2 Å². The zero-order valence-electron chi connectivity index (χ0n) is 12.5. The van der Waals surface area contributed by atoms with Crippen LogP contribution in [-0.2, 0) is 15.4 Å². The molecule has 5 heteroatoms. The van der Waals surface area contributed by atoms with E-state index in [1.165, 1.54) is 11.8 Å². The molecular formula is C16H22N2O2S. The molecule has 0 bridgehead atoms. The van der Waals surface area contributed by atoms with Crippen molar-refractivity contribution in [2.24, 2.45) is 11.8 Å². The van der Waals surface area contributed by atoms with Crippen molar-refractivity contribution in [2.75, 3.05) is 30.6 Å². The lowest BCUT2D eigenvalue weighted by atomic mass is 9.92. The highest BCUT2D eigenvalue weighted by Crippen LogP contribution is 2.63. The van der Waals surface area contributed by atoms with Gasteiger partial charge in [0.25, 0.3) is 0 Å².